The molecule has 0 aliphatic rings. The molecule has 6 nitrogen and oxygen atoms in total. The summed E-state index contributed by atoms with van der Waals surface area (Å²) in [5.41, 5.74) is 0.836. The second-order valence-electron chi connectivity index (χ2n) is 5.63. The lowest BCUT2D eigenvalue weighted by Gasteiger charge is -2.10. The predicted molar refractivity (Wildman–Crippen MR) is 88.0 cm³/mol. The maximum atomic E-state index is 12.7. The molecule has 0 aromatic carbocycles. The van der Waals surface area contributed by atoms with E-state index < -0.39 is 17.6 Å². The fraction of sp³-hybridized carbons (Fsp3) is 0.176. The SMILES string of the molecule is Cc1ccc(C(=O)Nc2cc(C)nn2-c2ccc(C(F)(F)F)cn2)cn1. The van der Waals surface area contributed by atoms with Crippen molar-refractivity contribution in [3.05, 3.63) is 65.2 Å². The van der Waals surface area contributed by atoms with Gasteiger partial charge in [-0.25, -0.2) is 4.98 Å². The molecule has 1 amide bonds. The summed E-state index contributed by atoms with van der Waals surface area (Å²) in [6, 6.07) is 7.03. The van der Waals surface area contributed by atoms with Crippen LogP contribution >= 0.6 is 0 Å². The molecule has 0 radical (unpaired) electrons. The number of nitrogens with one attached hydrogen (secondary N) is 1. The molecule has 0 bridgehead atoms. The fourth-order valence-electron chi connectivity index (χ4n) is 2.23. The van der Waals surface area contributed by atoms with E-state index >= 15 is 0 Å². The summed E-state index contributed by atoms with van der Waals surface area (Å²) >= 11 is 0. The highest BCUT2D eigenvalue weighted by molar-refractivity contribution is 6.03. The van der Waals surface area contributed by atoms with Gasteiger partial charge in [0.1, 0.15) is 5.82 Å². The van der Waals surface area contributed by atoms with Crippen molar-refractivity contribution in [3.63, 3.8) is 0 Å². The summed E-state index contributed by atoms with van der Waals surface area (Å²) in [5, 5.41) is 6.85. The van der Waals surface area contributed by atoms with E-state index in [-0.39, 0.29) is 5.82 Å². The monoisotopic (exact) mass is 361 g/mol. The summed E-state index contributed by atoms with van der Waals surface area (Å²) in [5.74, 6) is 0.0364. The molecule has 0 atom stereocenters. The van der Waals surface area contributed by atoms with Gasteiger partial charge in [0.25, 0.3) is 5.91 Å². The predicted octanol–water partition coefficient (Wildman–Crippen LogP) is 3.55. The van der Waals surface area contributed by atoms with Crippen LogP contribution in [-0.2, 0) is 6.18 Å². The van der Waals surface area contributed by atoms with Gasteiger partial charge in [0, 0.05) is 24.2 Å². The molecule has 3 aromatic heterocycles. The zero-order chi connectivity index (χ0) is 18.9. The maximum Gasteiger partial charge on any atom is 0.417 e. The minimum Gasteiger partial charge on any atom is -0.306 e. The third-order valence-corrected chi connectivity index (χ3v) is 3.54. The van der Waals surface area contributed by atoms with Gasteiger partial charge in [0.2, 0.25) is 0 Å². The molecule has 0 aliphatic heterocycles. The van der Waals surface area contributed by atoms with Gasteiger partial charge in [-0.05, 0) is 38.1 Å². The van der Waals surface area contributed by atoms with E-state index in [9.17, 15) is 18.0 Å². The Balaban J connectivity index is 1.88. The summed E-state index contributed by atoms with van der Waals surface area (Å²) < 4.78 is 39.3. The van der Waals surface area contributed by atoms with E-state index in [1.807, 2.05) is 0 Å². The van der Waals surface area contributed by atoms with Gasteiger partial charge in [-0.2, -0.15) is 23.0 Å². The lowest BCUT2D eigenvalue weighted by atomic mass is 10.2. The van der Waals surface area contributed by atoms with E-state index in [1.165, 1.54) is 16.9 Å². The smallest absolute Gasteiger partial charge is 0.306 e. The molecule has 0 saturated heterocycles. The third-order valence-electron chi connectivity index (χ3n) is 3.54. The molecule has 3 heterocycles. The molecule has 1 N–H and O–H groups in total. The number of carbonyl (C=O) groups is 1. The van der Waals surface area contributed by atoms with Crippen molar-refractivity contribution in [2.75, 3.05) is 5.32 Å². The number of aryl methyl sites for hydroxylation is 2. The number of aromatic nitrogens is 4. The van der Waals surface area contributed by atoms with Crippen LogP contribution in [0, 0.1) is 13.8 Å². The van der Waals surface area contributed by atoms with Gasteiger partial charge >= 0.3 is 6.18 Å². The highest BCUT2D eigenvalue weighted by Crippen LogP contribution is 2.29. The number of amides is 1. The molecular weight excluding hydrogens is 347 g/mol. The van der Waals surface area contributed by atoms with Gasteiger partial charge in [-0.3, -0.25) is 9.78 Å². The molecule has 0 saturated carbocycles. The molecule has 0 spiro atoms. The zero-order valence-corrected chi connectivity index (χ0v) is 13.9. The minimum atomic E-state index is -4.47. The van der Waals surface area contributed by atoms with Gasteiger partial charge in [0.05, 0.1) is 16.8 Å². The molecule has 9 heteroatoms. The van der Waals surface area contributed by atoms with E-state index in [2.05, 4.69) is 20.4 Å². The Hall–Kier alpha value is -3.23. The Kier molecular flexibility index (Phi) is 4.45. The maximum absolute atomic E-state index is 12.7. The van der Waals surface area contributed by atoms with Gasteiger partial charge < -0.3 is 5.32 Å². The zero-order valence-electron chi connectivity index (χ0n) is 13.9. The molecule has 0 aliphatic carbocycles. The van der Waals surface area contributed by atoms with Crippen LogP contribution in [0.2, 0.25) is 0 Å². The number of anilines is 1. The first kappa shape index (κ1) is 17.6. The first-order chi connectivity index (χ1) is 12.2. The van der Waals surface area contributed by atoms with Crippen LogP contribution in [0.5, 0.6) is 0 Å². The minimum absolute atomic E-state index is 0.156. The Bertz CT molecular complexity index is 931. The molecule has 0 unspecified atom stereocenters. The van der Waals surface area contributed by atoms with Gasteiger partial charge in [-0.1, -0.05) is 0 Å². The van der Waals surface area contributed by atoms with Crippen molar-refractivity contribution in [3.8, 4) is 5.82 Å². The summed E-state index contributed by atoms with van der Waals surface area (Å²) in [7, 11) is 0. The first-order valence-corrected chi connectivity index (χ1v) is 7.58. The quantitative estimate of drug-likeness (QED) is 0.774. The van der Waals surface area contributed by atoms with Crippen LogP contribution in [0.25, 0.3) is 5.82 Å². The first-order valence-electron chi connectivity index (χ1n) is 7.58. The van der Waals surface area contributed by atoms with Gasteiger partial charge in [-0.15, -0.1) is 0 Å². The van der Waals surface area contributed by atoms with E-state index in [0.717, 1.165) is 18.0 Å². The van der Waals surface area contributed by atoms with Crippen molar-refractivity contribution < 1.29 is 18.0 Å². The largest absolute Gasteiger partial charge is 0.417 e. The second kappa shape index (κ2) is 6.58. The lowest BCUT2D eigenvalue weighted by Crippen LogP contribution is -2.16. The van der Waals surface area contributed by atoms with Crippen LogP contribution in [0.1, 0.15) is 27.3 Å². The van der Waals surface area contributed by atoms with Crippen LogP contribution in [0.15, 0.2) is 42.7 Å². The average Bonchev–Trinajstić information content (AvgIpc) is 2.95. The Morgan fingerprint density at radius 3 is 2.38 bits per heavy atom. The number of nitrogens with zero attached hydrogens (tertiary/aromatic N) is 4. The standard InChI is InChI=1S/C17H14F3N5O/c1-10-3-4-12(8-21-10)16(26)23-15-7-11(2)24-25(15)14-6-5-13(9-22-14)17(18,19)20/h3-9H,1-2H3,(H,23,26). The van der Waals surface area contributed by atoms with Crippen molar-refractivity contribution in [1.82, 2.24) is 19.7 Å². The number of halogens is 3. The molecule has 134 valence electrons. The fourth-order valence-corrected chi connectivity index (χ4v) is 2.23. The van der Waals surface area contributed by atoms with Crippen molar-refractivity contribution in [1.29, 1.82) is 0 Å². The topological polar surface area (TPSA) is 72.7 Å². The number of hydrogen-bond acceptors (Lipinski definition) is 4. The van der Waals surface area contributed by atoms with Crippen LogP contribution in [0.4, 0.5) is 19.0 Å². The highest BCUT2D eigenvalue weighted by Gasteiger charge is 2.30. The number of carbonyl (C=O) groups excluding carboxylic acids is 1. The number of alkyl halides is 3. The normalized spacial score (nSPS) is 11.4. The Morgan fingerprint density at radius 1 is 1.04 bits per heavy atom. The van der Waals surface area contributed by atoms with E-state index in [1.54, 1.807) is 32.0 Å². The van der Waals surface area contributed by atoms with Crippen molar-refractivity contribution >= 4 is 11.7 Å². The Morgan fingerprint density at radius 2 is 1.81 bits per heavy atom. The van der Waals surface area contributed by atoms with Crippen molar-refractivity contribution in [2.24, 2.45) is 0 Å². The third kappa shape index (κ3) is 3.71. The average molecular weight is 361 g/mol. The number of pyridine rings is 2. The van der Waals surface area contributed by atoms with E-state index in [4.69, 9.17) is 0 Å². The number of hydrogen-bond donors (Lipinski definition) is 1. The molecule has 26 heavy (non-hydrogen) atoms. The van der Waals surface area contributed by atoms with E-state index in [0.29, 0.717) is 17.1 Å². The van der Waals surface area contributed by atoms with Crippen LogP contribution in [0.3, 0.4) is 0 Å². The Labute approximate surface area is 146 Å². The summed E-state index contributed by atoms with van der Waals surface area (Å²) in [6.45, 7) is 3.50. The van der Waals surface area contributed by atoms with Crippen LogP contribution < -0.4 is 5.32 Å². The van der Waals surface area contributed by atoms with Crippen molar-refractivity contribution in [2.45, 2.75) is 20.0 Å². The lowest BCUT2D eigenvalue weighted by molar-refractivity contribution is -0.137. The summed E-state index contributed by atoms with van der Waals surface area (Å²) in [6.07, 6.45) is -2.31. The molecular formula is C17H14F3N5O. The molecule has 3 aromatic rings. The van der Waals surface area contributed by atoms with Gasteiger partial charge in [0.15, 0.2) is 5.82 Å². The molecule has 3 rings (SSSR count). The highest BCUT2D eigenvalue weighted by atomic mass is 19.4. The molecule has 0 fully saturated rings. The number of rotatable bonds is 3. The van der Waals surface area contributed by atoms with Crippen LogP contribution in [-0.4, -0.2) is 25.7 Å². The summed E-state index contributed by atoms with van der Waals surface area (Å²) in [4.78, 5) is 20.2. The second-order valence-corrected chi connectivity index (χ2v) is 5.63.